The number of aromatic amines is 1. The second kappa shape index (κ2) is 6.70. The molecule has 0 fully saturated rings. The molecule has 1 amide bonds. The first-order chi connectivity index (χ1) is 9.70. The number of para-hydroxylation sites is 1. The molecule has 2 rings (SSSR count). The SMILES string of the molecule is CCC(Oc1ccccc1)C(=O)NC(C)c1ncn[nH]1. The average molecular weight is 274 g/mol. The van der Waals surface area contributed by atoms with Gasteiger partial charge in [0.05, 0.1) is 6.04 Å². The molecule has 6 nitrogen and oxygen atoms in total. The molecule has 2 aromatic rings. The molecular formula is C14H18N4O2. The van der Waals surface area contributed by atoms with E-state index >= 15 is 0 Å². The van der Waals surface area contributed by atoms with Crippen molar-refractivity contribution in [2.24, 2.45) is 0 Å². The minimum atomic E-state index is -0.525. The number of benzene rings is 1. The predicted molar refractivity (Wildman–Crippen MR) is 74.1 cm³/mol. The fraction of sp³-hybridized carbons (Fsp3) is 0.357. The number of H-pyrrole nitrogens is 1. The van der Waals surface area contributed by atoms with Gasteiger partial charge >= 0.3 is 0 Å². The maximum absolute atomic E-state index is 12.2. The quantitative estimate of drug-likeness (QED) is 0.842. The van der Waals surface area contributed by atoms with Crippen molar-refractivity contribution in [1.82, 2.24) is 20.5 Å². The van der Waals surface area contributed by atoms with Gasteiger partial charge in [0.2, 0.25) is 0 Å². The molecule has 1 aromatic carbocycles. The van der Waals surface area contributed by atoms with E-state index in [4.69, 9.17) is 4.74 Å². The Morgan fingerprint density at radius 2 is 2.15 bits per heavy atom. The van der Waals surface area contributed by atoms with Crippen LogP contribution in [0.3, 0.4) is 0 Å². The third-order valence-corrected chi connectivity index (χ3v) is 2.89. The van der Waals surface area contributed by atoms with Gasteiger partial charge in [0.15, 0.2) is 6.10 Å². The van der Waals surface area contributed by atoms with E-state index < -0.39 is 6.10 Å². The van der Waals surface area contributed by atoms with Gasteiger partial charge in [-0.05, 0) is 25.5 Å². The Balaban J connectivity index is 1.95. The first-order valence-corrected chi connectivity index (χ1v) is 6.58. The summed E-state index contributed by atoms with van der Waals surface area (Å²) < 4.78 is 5.69. The lowest BCUT2D eigenvalue weighted by Crippen LogP contribution is -2.39. The Morgan fingerprint density at radius 3 is 2.75 bits per heavy atom. The molecule has 0 aliphatic carbocycles. The van der Waals surface area contributed by atoms with E-state index in [1.54, 1.807) is 0 Å². The summed E-state index contributed by atoms with van der Waals surface area (Å²) in [5, 5.41) is 9.35. The molecule has 0 aliphatic rings. The summed E-state index contributed by atoms with van der Waals surface area (Å²) in [5.74, 6) is 1.13. The van der Waals surface area contributed by atoms with Crippen molar-refractivity contribution in [3.8, 4) is 5.75 Å². The van der Waals surface area contributed by atoms with Gasteiger partial charge in [0.25, 0.3) is 5.91 Å². The number of amides is 1. The predicted octanol–water partition coefficient (Wildman–Crippen LogP) is 1.84. The van der Waals surface area contributed by atoms with Crippen LogP contribution in [0.2, 0.25) is 0 Å². The molecule has 0 bridgehead atoms. The summed E-state index contributed by atoms with van der Waals surface area (Å²) in [6.07, 6.45) is 1.47. The van der Waals surface area contributed by atoms with Crippen molar-refractivity contribution >= 4 is 5.91 Å². The van der Waals surface area contributed by atoms with E-state index in [0.717, 1.165) is 0 Å². The molecule has 1 heterocycles. The number of rotatable bonds is 6. The molecule has 20 heavy (non-hydrogen) atoms. The lowest BCUT2D eigenvalue weighted by molar-refractivity contribution is -0.128. The molecule has 2 N–H and O–H groups in total. The summed E-state index contributed by atoms with van der Waals surface area (Å²) in [4.78, 5) is 16.2. The molecule has 0 aliphatic heterocycles. The van der Waals surface area contributed by atoms with Crippen LogP contribution in [0.25, 0.3) is 0 Å². The van der Waals surface area contributed by atoms with Crippen LogP contribution < -0.4 is 10.1 Å². The highest BCUT2D eigenvalue weighted by Gasteiger charge is 2.21. The van der Waals surface area contributed by atoms with Gasteiger partial charge in [0, 0.05) is 0 Å². The van der Waals surface area contributed by atoms with Crippen molar-refractivity contribution in [2.45, 2.75) is 32.4 Å². The molecule has 2 atom stereocenters. The van der Waals surface area contributed by atoms with E-state index in [-0.39, 0.29) is 11.9 Å². The third kappa shape index (κ3) is 3.57. The number of ether oxygens (including phenoxy) is 1. The van der Waals surface area contributed by atoms with Gasteiger partial charge in [0.1, 0.15) is 17.9 Å². The number of aromatic nitrogens is 3. The van der Waals surface area contributed by atoms with Gasteiger partial charge in [-0.25, -0.2) is 4.98 Å². The lowest BCUT2D eigenvalue weighted by Gasteiger charge is -2.19. The molecule has 6 heteroatoms. The maximum atomic E-state index is 12.2. The van der Waals surface area contributed by atoms with Crippen LogP contribution in [0.4, 0.5) is 0 Å². The zero-order chi connectivity index (χ0) is 14.4. The lowest BCUT2D eigenvalue weighted by atomic mass is 10.2. The van der Waals surface area contributed by atoms with E-state index in [1.165, 1.54) is 6.33 Å². The molecule has 0 radical (unpaired) electrons. The average Bonchev–Trinajstić information content (AvgIpc) is 3.00. The van der Waals surface area contributed by atoms with Gasteiger partial charge in [-0.3, -0.25) is 9.89 Å². The molecule has 0 saturated heterocycles. The summed E-state index contributed by atoms with van der Waals surface area (Å²) in [6.45, 7) is 3.75. The molecule has 106 valence electrons. The van der Waals surface area contributed by atoms with E-state index in [9.17, 15) is 4.79 Å². The van der Waals surface area contributed by atoms with Crippen LogP contribution >= 0.6 is 0 Å². The van der Waals surface area contributed by atoms with Gasteiger partial charge in [-0.15, -0.1) is 0 Å². The third-order valence-electron chi connectivity index (χ3n) is 2.89. The zero-order valence-electron chi connectivity index (χ0n) is 11.5. The Kier molecular flexibility index (Phi) is 4.70. The number of nitrogens with zero attached hydrogens (tertiary/aromatic N) is 2. The number of hydrogen-bond donors (Lipinski definition) is 2. The standard InChI is InChI=1S/C14H18N4O2/c1-3-12(20-11-7-5-4-6-8-11)14(19)17-10(2)13-15-9-16-18-13/h4-10,12H,3H2,1-2H3,(H,17,19)(H,15,16,18). The largest absolute Gasteiger partial charge is 0.481 e. The van der Waals surface area contributed by atoms with Gasteiger partial charge < -0.3 is 10.1 Å². The molecule has 0 spiro atoms. The molecular weight excluding hydrogens is 256 g/mol. The number of nitrogens with one attached hydrogen (secondary N) is 2. The van der Waals surface area contributed by atoms with E-state index in [0.29, 0.717) is 18.0 Å². The smallest absolute Gasteiger partial charge is 0.261 e. The molecule has 1 aromatic heterocycles. The topological polar surface area (TPSA) is 79.9 Å². The first kappa shape index (κ1) is 14.0. The molecule has 0 saturated carbocycles. The van der Waals surface area contributed by atoms with Crippen molar-refractivity contribution < 1.29 is 9.53 Å². The second-order valence-electron chi connectivity index (χ2n) is 4.43. The van der Waals surface area contributed by atoms with Crippen LogP contribution in [-0.2, 0) is 4.79 Å². The Morgan fingerprint density at radius 1 is 1.40 bits per heavy atom. The first-order valence-electron chi connectivity index (χ1n) is 6.58. The monoisotopic (exact) mass is 274 g/mol. The maximum Gasteiger partial charge on any atom is 0.261 e. The van der Waals surface area contributed by atoms with Crippen molar-refractivity contribution in [3.05, 3.63) is 42.5 Å². The normalized spacial score (nSPS) is 13.5. The van der Waals surface area contributed by atoms with Crippen LogP contribution in [0, 0.1) is 0 Å². The summed E-state index contributed by atoms with van der Waals surface area (Å²) in [7, 11) is 0. The minimum Gasteiger partial charge on any atom is -0.481 e. The van der Waals surface area contributed by atoms with E-state index in [2.05, 4.69) is 20.5 Å². The van der Waals surface area contributed by atoms with E-state index in [1.807, 2.05) is 44.2 Å². The Hall–Kier alpha value is -2.37. The van der Waals surface area contributed by atoms with Crippen LogP contribution in [0.15, 0.2) is 36.7 Å². The highest BCUT2D eigenvalue weighted by Crippen LogP contribution is 2.13. The Bertz CT molecular complexity index is 527. The second-order valence-corrected chi connectivity index (χ2v) is 4.43. The summed E-state index contributed by atoms with van der Waals surface area (Å²) >= 11 is 0. The highest BCUT2D eigenvalue weighted by molar-refractivity contribution is 5.81. The highest BCUT2D eigenvalue weighted by atomic mass is 16.5. The van der Waals surface area contributed by atoms with Crippen molar-refractivity contribution in [3.63, 3.8) is 0 Å². The molecule has 2 unspecified atom stereocenters. The fourth-order valence-electron chi connectivity index (χ4n) is 1.78. The fourth-order valence-corrected chi connectivity index (χ4v) is 1.78. The van der Waals surface area contributed by atoms with Crippen molar-refractivity contribution in [1.29, 1.82) is 0 Å². The number of hydrogen-bond acceptors (Lipinski definition) is 4. The van der Waals surface area contributed by atoms with Crippen LogP contribution in [0.1, 0.15) is 32.1 Å². The van der Waals surface area contributed by atoms with Gasteiger partial charge in [-0.1, -0.05) is 25.1 Å². The number of carbonyl (C=O) groups excluding carboxylic acids is 1. The minimum absolute atomic E-state index is 0.166. The number of carbonyl (C=O) groups is 1. The van der Waals surface area contributed by atoms with Gasteiger partial charge in [-0.2, -0.15) is 5.10 Å². The zero-order valence-corrected chi connectivity index (χ0v) is 11.5. The van der Waals surface area contributed by atoms with Crippen molar-refractivity contribution in [2.75, 3.05) is 0 Å². The van der Waals surface area contributed by atoms with Crippen LogP contribution in [0.5, 0.6) is 5.75 Å². The Labute approximate surface area is 117 Å². The van der Waals surface area contributed by atoms with Crippen LogP contribution in [-0.4, -0.2) is 27.2 Å². The summed E-state index contributed by atoms with van der Waals surface area (Å²) in [5.41, 5.74) is 0. The summed E-state index contributed by atoms with van der Waals surface area (Å²) in [6, 6.07) is 9.07.